The number of aromatic nitrogens is 2. The van der Waals surface area contributed by atoms with Crippen molar-refractivity contribution in [3.63, 3.8) is 0 Å². The van der Waals surface area contributed by atoms with Gasteiger partial charge in [0.15, 0.2) is 0 Å². The van der Waals surface area contributed by atoms with Crippen LogP contribution in [0, 0.1) is 0 Å². The number of hydrogen-bond acceptors (Lipinski definition) is 2. The molecule has 2 heterocycles. The maximum absolute atomic E-state index is 2.45. The topological polar surface area (TPSA) is 16.3 Å². The Hall–Kier alpha value is -14.8. The summed E-state index contributed by atoms with van der Waals surface area (Å²) in [5, 5.41) is 20.1. The fourth-order valence-electron chi connectivity index (χ4n) is 17.4. The first-order valence-electron chi connectivity index (χ1n) is 38.5. The van der Waals surface area contributed by atoms with Gasteiger partial charge in [0.05, 0.1) is 33.4 Å². The molecule has 112 heavy (non-hydrogen) atoms. The first-order chi connectivity index (χ1) is 55.6. The summed E-state index contributed by atoms with van der Waals surface area (Å²) in [7, 11) is 0. The number of rotatable bonds is 12. The summed E-state index contributed by atoms with van der Waals surface area (Å²) in [6.07, 6.45) is 0. The molecule has 0 aliphatic rings. The molecule has 0 amide bonds. The Bertz CT molecular complexity index is 7340. The smallest absolute Gasteiger partial charge is 0.0547 e. The van der Waals surface area contributed by atoms with Gasteiger partial charge in [0.25, 0.3) is 0 Å². The van der Waals surface area contributed by atoms with E-state index in [-0.39, 0.29) is 0 Å². The highest BCUT2D eigenvalue weighted by atomic mass is 15.1. The molecule has 0 spiro atoms. The average Bonchev–Trinajstić information content (AvgIpc) is 1.57. The number of anilines is 6. The zero-order chi connectivity index (χ0) is 74.0. The summed E-state index contributed by atoms with van der Waals surface area (Å²) >= 11 is 0. The van der Waals surface area contributed by atoms with Crippen LogP contribution in [0.5, 0.6) is 0 Å². The lowest BCUT2D eigenvalue weighted by atomic mass is 9.96. The zero-order valence-corrected chi connectivity index (χ0v) is 61.4. The summed E-state index contributed by atoms with van der Waals surface area (Å²) in [6.45, 7) is 0. The molecule has 0 fully saturated rings. The molecule has 20 aromatic carbocycles. The van der Waals surface area contributed by atoms with Crippen molar-refractivity contribution in [2.75, 3.05) is 9.80 Å². The fourth-order valence-corrected chi connectivity index (χ4v) is 17.4. The third-order valence-electron chi connectivity index (χ3n) is 22.7. The van der Waals surface area contributed by atoms with Gasteiger partial charge in [-0.25, -0.2) is 0 Å². The number of hydrogen-bond donors (Lipinski definition) is 0. The van der Waals surface area contributed by atoms with E-state index in [1.54, 1.807) is 0 Å². The predicted octanol–water partition coefficient (Wildman–Crippen LogP) is 30.1. The molecule has 4 heteroatoms. The van der Waals surface area contributed by atoms with Crippen molar-refractivity contribution in [1.82, 2.24) is 9.13 Å². The van der Waals surface area contributed by atoms with Gasteiger partial charge in [-0.05, 0) is 220 Å². The van der Waals surface area contributed by atoms with Crippen LogP contribution in [-0.2, 0) is 0 Å². The molecule has 22 aromatic rings. The van der Waals surface area contributed by atoms with Gasteiger partial charge >= 0.3 is 0 Å². The molecule has 0 aliphatic carbocycles. The quantitative estimate of drug-likeness (QED) is 0.121. The minimum Gasteiger partial charge on any atom is -0.311 e. The van der Waals surface area contributed by atoms with Crippen molar-refractivity contribution in [3.05, 3.63) is 437 Å². The van der Waals surface area contributed by atoms with Gasteiger partial charge in [0, 0.05) is 66.4 Å². The van der Waals surface area contributed by atoms with E-state index in [0.29, 0.717) is 0 Å². The summed E-state index contributed by atoms with van der Waals surface area (Å²) in [4.78, 5) is 4.71. The molecule has 4 nitrogen and oxygen atoms in total. The first-order valence-corrected chi connectivity index (χ1v) is 38.5. The molecule has 524 valence electrons. The van der Waals surface area contributed by atoms with Crippen LogP contribution < -0.4 is 9.80 Å². The number of nitrogens with zero attached hydrogens (tertiary/aromatic N) is 4. The molecule has 0 atom stereocenters. The molecule has 0 saturated carbocycles. The van der Waals surface area contributed by atoms with Crippen LogP contribution in [0.15, 0.2) is 437 Å². The van der Waals surface area contributed by atoms with E-state index >= 15 is 0 Å². The maximum atomic E-state index is 2.45. The Labute approximate surface area is 649 Å². The number of para-hydroxylation sites is 4. The van der Waals surface area contributed by atoms with Gasteiger partial charge in [-0.3, -0.25) is 0 Å². The van der Waals surface area contributed by atoms with E-state index in [0.717, 1.165) is 39.8 Å². The second-order valence-corrected chi connectivity index (χ2v) is 29.1. The highest BCUT2D eigenvalue weighted by Gasteiger charge is 2.23. The Balaban J connectivity index is 0.000000141. The average molecular weight is 1430 g/mol. The SMILES string of the molecule is c1ccc(N(c2ccc(-c3ccc4ccccc4c3)cc2)c2ccc(-c3ccc(-n4c5ccccc5c5c6ccccc6ccc54)c4ccccc34)cc2)cc1.c1ccc(N(c2ccc(-c3ccc4ccccc4c3)cc2)c2ccc(-c3ccc(-n4c5ccccc5c5c6ccccc6ccc54)cc3)c3ccccc23)cc1. The van der Waals surface area contributed by atoms with Crippen LogP contribution in [0.1, 0.15) is 0 Å². The van der Waals surface area contributed by atoms with E-state index < -0.39 is 0 Å². The molecule has 0 unspecified atom stereocenters. The van der Waals surface area contributed by atoms with Gasteiger partial charge in [0.1, 0.15) is 0 Å². The number of benzene rings is 20. The van der Waals surface area contributed by atoms with Crippen LogP contribution in [0.4, 0.5) is 34.1 Å². The van der Waals surface area contributed by atoms with E-state index in [4.69, 9.17) is 0 Å². The largest absolute Gasteiger partial charge is 0.311 e. The van der Waals surface area contributed by atoms with Crippen molar-refractivity contribution in [2.24, 2.45) is 0 Å². The third-order valence-corrected chi connectivity index (χ3v) is 22.7. The molecule has 0 N–H and O–H groups in total. The molecule has 0 radical (unpaired) electrons. The predicted molar refractivity (Wildman–Crippen MR) is 478 cm³/mol. The van der Waals surface area contributed by atoms with Gasteiger partial charge < -0.3 is 18.9 Å². The van der Waals surface area contributed by atoms with Gasteiger partial charge in [0.2, 0.25) is 0 Å². The monoisotopic (exact) mass is 1420 g/mol. The summed E-state index contributed by atoms with van der Waals surface area (Å²) in [6, 6.07) is 159. The molecular formula is C108H72N4. The second-order valence-electron chi connectivity index (χ2n) is 29.1. The van der Waals surface area contributed by atoms with Gasteiger partial charge in [-0.2, -0.15) is 0 Å². The molecule has 22 rings (SSSR count). The molecular weight excluding hydrogens is 1350 g/mol. The molecule has 2 aromatic heterocycles. The van der Waals surface area contributed by atoms with E-state index in [1.165, 1.54) is 158 Å². The third kappa shape index (κ3) is 11.5. The highest BCUT2D eigenvalue weighted by Crippen LogP contribution is 2.46. The maximum Gasteiger partial charge on any atom is 0.0547 e. The lowest BCUT2D eigenvalue weighted by Crippen LogP contribution is -2.10. The molecule has 0 bridgehead atoms. The van der Waals surface area contributed by atoms with Crippen LogP contribution in [0.25, 0.3) is 164 Å². The molecule has 0 saturated heterocycles. The Morgan fingerprint density at radius 3 is 1.03 bits per heavy atom. The van der Waals surface area contributed by atoms with Crippen molar-refractivity contribution < 1.29 is 0 Å². The van der Waals surface area contributed by atoms with Crippen molar-refractivity contribution >= 4 is 142 Å². The van der Waals surface area contributed by atoms with Crippen molar-refractivity contribution in [2.45, 2.75) is 0 Å². The second kappa shape index (κ2) is 27.7. The standard InChI is InChI=1S/2C54H36N2/c1-2-15-43(16-3-1)55(44-29-24-38(25-30-44)42-23-22-37-12-4-5-14-41(37)36-42)52-35-33-46(48-18-8-9-19-49(48)52)40-26-31-45(32-27-40)56-51-21-11-10-20-50(51)54-47-17-7-6-13-39(47)28-34-53(54)56;1-2-15-43(16-3-1)55(44-29-24-38(25-30-44)42-23-22-37-12-4-5-14-41(37)36-42)45-31-26-40(27-32-45)46-33-35-52(49-19-9-8-18-48(46)49)56-51-21-11-10-20-50(51)54-47-17-7-6-13-39(47)28-34-53(54)56/h2*1-36H. The Morgan fingerprint density at radius 2 is 0.509 bits per heavy atom. The Kier molecular flexibility index (Phi) is 16.2. The lowest BCUT2D eigenvalue weighted by molar-refractivity contribution is 1.18. The first kappa shape index (κ1) is 65.5. The van der Waals surface area contributed by atoms with Crippen LogP contribution >= 0.6 is 0 Å². The van der Waals surface area contributed by atoms with Gasteiger partial charge in [-0.15, -0.1) is 0 Å². The minimum absolute atomic E-state index is 1.11. The Morgan fingerprint density at radius 1 is 0.170 bits per heavy atom. The molecule has 0 aliphatic heterocycles. The minimum atomic E-state index is 1.11. The van der Waals surface area contributed by atoms with Crippen LogP contribution in [-0.4, -0.2) is 9.13 Å². The summed E-state index contributed by atoms with van der Waals surface area (Å²) in [5.74, 6) is 0. The highest BCUT2D eigenvalue weighted by molar-refractivity contribution is 6.23. The number of fused-ring (bicyclic) bond motifs is 14. The van der Waals surface area contributed by atoms with Crippen molar-refractivity contribution in [3.8, 4) is 55.9 Å². The lowest BCUT2D eigenvalue weighted by Gasteiger charge is -2.27. The fraction of sp³-hybridized carbons (Fsp3) is 0. The summed E-state index contributed by atoms with van der Waals surface area (Å²) in [5.41, 5.74) is 23.6. The van der Waals surface area contributed by atoms with Gasteiger partial charge in [-0.1, -0.05) is 315 Å². The van der Waals surface area contributed by atoms with Crippen molar-refractivity contribution in [1.29, 1.82) is 0 Å². The summed E-state index contributed by atoms with van der Waals surface area (Å²) < 4.78 is 4.86. The van der Waals surface area contributed by atoms with E-state index in [9.17, 15) is 0 Å². The normalized spacial score (nSPS) is 11.6. The van der Waals surface area contributed by atoms with Crippen LogP contribution in [0.3, 0.4) is 0 Å². The van der Waals surface area contributed by atoms with E-state index in [2.05, 4.69) is 456 Å². The van der Waals surface area contributed by atoms with E-state index in [1.807, 2.05) is 0 Å². The van der Waals surface area contributed by atoms with Crippen LogP contribution in [0.2, 0.25) is 0 Å². The zero-order valence-electron chi connectivity index (χ0n) is 61.4.